The van der Waals surface area contributed by atoms with Crippen molar-refractivity contribution >= 4 is 17.6 Å². The van der Waals surface area contributed by atoms with Crippen molar-refractivity contribution in [2.45, 2.75) is 6.61 Å². The van der Waals surface area contributed by atoms with Gasteiger partial charge in [-0.15, -0.1) is 0 Å². The molecule has 27 heavy (non-hydrogen) atoms. The number of benzene rings is 3. The highest BCUT2D eigenvalue weighted by Crippen LogP contribution is 2.11. The van der Waals surface area contributed by atoms with Crippen LogP contribution in [0.4, 0.5) is 5.69 Å². The van der Waals surface area contributed by atoms with E-state index in [1.807, 2.05) is 48.5 Å². The highest BCUT2D eigenvalue weighted by atomic mass is 16.6. The number of nitrogens with one attached hydrogen (secondary N) is 1. The van der Waals surface area contributed by atoms with E-state index < -0.39 is 5.97 Å². The van der Waals surface area contributed by atoms with Crippen LogP contribution in [0.3, 0.4) is 0 Å². The lowest BCUT2D eigenvalue weighted by Gasteiger charge is -2.08. The number of amides is 1. The highest BCUT2D eigenvalue weighted by molar-refractivity contribution is 6.04. The summed E-state index contributed by atoms with van der Waals surface area (Å²) >= 11 is 0. The Morgan fingerprint density at radius 2 is 1.41 bits per heavy atom. The molecule has 0 bridgehead atoms. The maximum absolute atomic E-state index is 12.2. The number of hydrogen-bond acceptors (Lipinski definition) is 4. The predicted molar refractivity (Wildman–Crippen MR) is 103 cm³/mol. The summed E-state index contributed by atoms with van der Waals surface area (Å²) in [4.78, 5) is 24.0. The van der Waals surface area contributed by atoms with Crippen molar-refractivity contribution in [2.24, 2.45) is 0 Å². The van der Waals surface area contributed by atoms with E-state index >= 15 is 0 Å². The second kappa shape index (κ2) is 9.20. The molecule has 0 atom stereocenters. The van der Waals surface area contributed by atoms with Gasteiger partial charge in [-0.05, 0) is 42.0 Å². The molecule has 0 unspecified atom stereocenters. The van der Waals surface area contributed by atoms with E-state index in [1.165, 1.54) is 0 Å². The molecule has 136 valence electrons. The number of ether oxygens (including phenoxy) is 2. The smallest absolute Gasteiger partial charge is 0.344 e. The number of anilines is 1. The first-order chi connectivity index (χ1) is 13.2. The second-order valence-electron chi connectivity index (χ2n) is 5.78. The molecule has 0 spiro atoms. The average molecular weight is 361 g/mol. The number of rotatable bonds is 7. The molecular formula is C22H19NO4. The Bertz CT molecular complexity index is 877. The first-order valence-electron chi connectivity index (χ1n) is 8.49. The lowest BCUT2D eigenvalue weighted by molar-refractivity contribution is -0.147. The molecule has 0 aliphatic rings. The molecule has 0 radical (unpaired) electrons. The van der Waals surface area contributed by atoms with Crippen molar-refractivity contribution in [3.63, 3.8) is 0 Å². The van der Waals surface area contributed by atoms with Crippen LogP contribution in [0.5, 0.6) is 5.75 Å². The van der Waals surface area contributed by atoms with Crippen LogP contribution in [-0.2, 0) is 16.1 Å². The van der Waals surface area contributed by atoms with E-state index in [2.05, 4.69) is 5.32 Å². The van der Waals surface area contributed by atoms with Gasteiger partial charge in [0.05, 0.1) is 0 Å². The van der Waals surface area contributed by atoms with Crippen molar-refractivity contribution in [1.82, 2.24) is 0 Å². The summed E-state index contributed by atoms with van der Waals surface area (Å²) in [5.74, 6) is -0.0333. The van der Waals surface area contributed by atoms with Crippen molar-refractivity contribution in [3.05, 3.63) is 96.1 Å². The molecule has 3 rings (SSSR count). The minimum absolute atomic E-state index is 0.123. The number of hydrogen-bond donors (Lipinski definition) is 1. The zero-order valence-electron chi connectivity index (χ0n) is 14.6. The Balaban J connectivity index is 1.46. The Hall–Kier alpha value is -3.60. The first kappa shape index (κ1) is 18.2. The van der Waals surface area contributed by atoms with Gasteiger partial charge in [0.1, 0.15) is 12.4 Å². The summed E-state index contributed by atoms with van der Waals surface area (Å²) in [5.41, 5.74) is 2.06. The van der Waals surface area contributed by atoms with Crippen LogP contribution < -0.4 is 10.1 Å². The van der Waals surface area contributed by atoms with Gasteiger partial charge in [0.25, 0.3) is 5.91 Å². The zero-order chi connectivity index (χ0) is 18.9. The van der Waals surface area contributed by atoms with Crippen LogP contribution in [0, 0.1) is 0 Å². The topological polar surface area (TPSA) is 64.6 Å². The zero-order valence-corrected chi connectivity index (χ0v) is 14.6. The fourth-order valence-electron chi connectivity index (χ4n) is 2.34. The van der Waals surface area contributed by atoms with E-state index in [-0.39, 0.29) is 19.1 Å². The number of esters is 1. The SMILES string of the molecule is O=C(COc1ccccc1)OCc1ccc(C(=O)Nc2ccccc2)cc1. The van der Waals surface area contributed by atoms with Crippen molar-refractivity contribution in [3.8, 4) is 5.75 Å². The van der Waals surface area contributed by atoms with Gasteiger partial charge in [0.2, 0.25) is 0 Å². The van der Waals surface area contributed by atoms with Crippen molar-refractivity contribution in [1.29, 1.82) is 0 Å². The summed E-state index contributed by atoms with van der Waals surface area (Å²) in [5, 5.41) is 2.82. The van der Waals surface area contributed by atoms with Crippen LogP contribution in [0.15, 0.2) is 84.9 Å². The summed E-state index contributed by atoms with van der Waals surface area (Å²) in [6.07, 6.45) is 0. The minimum atomic E-state index is -0.454. The number of carbonyl (C=O) groups excluding carboxylic acids is 2. The minimum Gasteiger partial charge on any atom is -0.482 e. The third-order valence-electron chi connectivity index (χ3n) is 3.75. The monoisotopic (exact) mass is 361 g/mol. The summed E-state index contributed by atoms with van der Waals surface area (Å²) in [6.45, 7) is -0.0286. The van der Waals surface area contributed by atoms with Gasteiger partial charge in [0.15, 0.2) is 6.61 Å². The van der Waals surface area contributed by atoms with E-state index in [0.29, 0.717) is 11.3 Å². The van der Waals surface area contributed by atoms with Crippen LogP contribution in [0.1, 0.15) is 15.9 Å². The Labute approximate surface area is 157 Å². The molecule has 0 saturated heterocycles. The largest absolute Gasteiger partial charge is 0.482 e. The van der Waals surface area contributed by atoms with Gasteiger partial charge in [-0.3, -0.25) is 4.79 Å². The quantitative estimate of drug-likeness (QED) is 0.645. The Kier molecular flexibility index (Phi) is 6.20. The molecule has 5 nitrogen and oxygen atoms in total. The van der Waals surface area contributed by atoms with Crippen LogP contribution in [-0.4, -0.2) is 18.5 Å². The van der Waals surface area contributed by atoms with Gasteiger partial charge < -0.3 is 14.8 Å². The number of carbonyl (C=O) groups is 2. The summed E-state index contributed by atoms with van der Waals surface area (Å²) < 4.78 is 10.5. The van der Waals surface area contributed by atoms with Crippen LogP contribution in [0.2, 0.25) is 0 Å². The molecule has 1 N–H and O–H groups in total. The molecule has 0 saturated carbocycles. The molecule has 3 aromatic carbocycles. The lowest BCUT2D eigenvalue weighted by Crippen LogP contribution is -2.15. The molecule has 3 aromatic rings. The Morgan fingerprint density at radius 3 is 2.07 bits per heavy atom. The molecule has 0 fully saturated rings. The van der Waals surface area contributed by atoms with Crippen molar-refractivity contribution < 1.29 is 19.1 Å². The average Bonchev–Trinajstić information content (AvgIpc) is 2.72. The van der Waals surface area contributed by atoms with E-state index in [1.54, 1.807) is 36.4 Å². The van der Waals surface area contributed by atoms with Gasteiger partial charge in [-0.2, -0.15) is 0 Å². The predicted octanol–water partition coefficient (Wildman–Crippen LogP) is 4.06. The molecular weight excluding hydrogens is 342 g/mol. The standard InChI is InChI=1S/C22H19NO4/c24-21(16-26-20-9-5-2-6-10-20)27-15-17-11-13-18(14-12-17)22(25)23-19-7-3-1-4-8-19/h1-14H,15-16H2,(H,23,25). The summed E-state index contributed by atoms with van der Waals surface area (Å²) in [7, 11) is 0. The van der Waals surface area contributed by atoms with E-state index in [4.69, 9.17) is 9.47 Å². The Morgan fingerprint density at radius 1 is 0.778 bits per heavy atom. The van der Waals surface area contributed by atoms with Gasteiger partial charge in [-0.1, -0.05) is 48.5 Å². The van der Waals surface area contributed by atoms with Crippen molar-refractivity contribution in [2.75, 3.05) is 11.9 Å². The molecule has 0 heterocycles. The third-order valence-corrected chi connectivity index (χ3v) is 3.75. The second-order valence-corrected chi connectivity index (χ2v) is 5.78. The van der Waals surface area contributed by atoms with Crippen LogP contribution >= 0.6 is 0 Å². The lowest BCUT2D eigenvalue weighted by atomic mass is 10.1. The van der Waals surface area contributed by atoms with Gasteiger partial charge in [-0.25, -0.2) is 4.79 Å². The normalized spacial score (nSPS) is 10.1. The highest BCUT2D eigenvalue weighted by Gasteiger charge is 2.08. The number of para-hydroxylation sites is 2. The molecule has 0 aliphatic carbocycles. The first-order valence-corrected chi connectivity index (χ1v) is 8.49. The maximum Gasteiger partial charge on any atom is 0.344 e. The van der Waals surface area contributed by atoms with E-state index in [0.717, 1.165) is 11.3 Å². The molecule has 0 aliphatic heterocycles. The third kappa shape index (κ3) is 5.71. The van der Waals surface area contributed by atoms with Gasteiger partial charge >= 0.3 is 5.97 Å². The fraction of sp³-hybridized carbons (Fsp3) is 0.0909. The fourth-order valence-corrected chi connectivity index (χ4v) is 2.34. The summed E-state index contributed by atoms with van der Waals surface area (Å²) in [6, 6.07) is 25.2. The van der Waals surface area contributed by atoms with Gasteiger partial charge in [0, 0.05) is 11.3 Å². The van der Waals surface area contributed by atoms with E-state index in [9.17, 15) is 9.59 Å². The molecule has 5 heteroatoms. The maximum atomic E-state index is 12.2. The van der Waals surface area contributed by atoms with Crippen LogP contribution in [0.25, 0.3) is 0 Å². The molecule has 1 amide bonds. The molecule has 0 aromatic heterocycles.